The van der Waals surface area contributed by atoms with E-state index in [1.165, 1.54) is 35.6 Å². The van der Waals surface area contributed by atoms with Crippen LogP contribution in [0.1, 0.15) is 0 Å². The summed E-state index contributed by atoms with van der Waals surface area (Å²) in [5.41, 5.74) is 12.4. The fourth-order valence-electron chi connectivity index (χ4n) is 7.20. The molecule has 12 rings (SSSR count). The van der Waals surface area contributed by atoms with E-state index in [2.05, 4.69) is 44.9 Å². The summed E-state index contributed by atoms with van der Waals surface area (Å²) >= 11 is 4.65. The Morgan fingerprint density at radius 2 is 0.891 bits per heavy atom. The molecule has 0 aliphatic heterocycles. The molecule has 9 nitrogen and oxygen atoms in total. The molecule has 0 fully saturated rings. The molecule has 16 heteroatoms. The number of halogens is 4. The fraction of sp³-hybridized carbons (Fsp3) is 0. The summed E-state index contributed by atoms with van der Waals surface area (Å²) in [4.78, 5) is 37.0. The predicted molar refractivity (Wildman–Crippen MR) is 248 cm³/mol. The number of nitrogens with one attached hydrogen (secondary N) is 3. The van der Waals surface area contributed by atoms with Crippen molar-refractivity contribution in [3.05, 3.63) is 180 Å². The first kappa shape index (κ1) is 40.4. The first-order valence-electron chi connectivity index (χ1n) is 19.4. The van der Waals surface area contributed by atoms with E-state index in [4.69, 9.17) is 0 Å². The van der Waals surface area contributed by atoms with Crippen LogP contribution in [-0.2, 0) is 0 Å². The average Bonchev–Trinajstić information content (AvgIpc) is 4.17. The second-order valence-electron chi connectivity index (χ2n) is 14.1. The highest BCUT2D eigenvalue weighted by Gasteiger charge is 2.15. The topological polar surface area (TPSA) is 125 Å². The first-order chi connectivity index (χ1) is 31.4. The second-order valence-corrected chi connectivity index (χ2v) is 16.8. The quantitative estimate of drug-likeness (QED) is 0.143. The van der Waals surface area contributed by atoms with Crippen LogP contribution in [0.25, 0.3) is 97.9 Å². The van der Waals surface area contributed by atoms with Crippen molar-refractivity contribution in [1.29, 1.82) is 0 Å². The van der Waals surface area contributed by atoms with Crippen molar-refractivity contribution >= 4 is 67.1 Å². The zero-order chi connectivity index (χ0) is 43.6. The lowest BCUT2D eigenvalue weighted by atomic mass is 10.0. The lowest BCUT2D eigenvalue weighted by Gasteiger charge is -2.04. The van der Waals surface area contributed by atoms with Crippen LogP contribution in [0.5, 0.6) is 0 Å². The summed E-state index contributed by atoms with van der Waals surface area (Å²) < 4.78 is 54.9. The number of aromatic nitrogens is 9. The van der Waals surface area contributed by atoms with Crippen molar-refractivity contribution in [1.82, 2.24) is 44.9 Å². The third-order valence-electron chi connectivity index (χ3n) is 10.3. The van der Waals surface area contributed by atoms with Crippen molar-refractivity contribution < 1.29 is 17.6 Å². The maximum Gasteiger partial charge on any atom is 0.137 e. The number of rotatable bonds is 6. The molecule has 0 unspecified atom stereocenters. The second kappa shape index (κ2) is 17.6. The van der Waals surface area contributed by atoms with Gasteiger partial charge in [-0.05, 0) is 42.5 Å². The van der Waals surface area contributed by atoms with Crippen LogP contribution < -0.4 is 0 Å². The standard InChI is InChI=1S/C16H9F2N3S.2C16H10FN3S/c17-10-1-2-11(14(18)4-10)9-3-12-13(15-7-19-8-22-15)6-21-16(12)20-5-9;17-14-4-2-1-3-11(14)10-5-12-13(15-8-18-9-21-15)7-20-16(12)19-6-10;17-14-4-2-1-3-11(14)10-7-12-13(16-18-5-6-21-16)9-20-15(12)19-8-10/h1-8H,(H,20,21);2*1-9H,(H,19,20). The molecule has 0 spiro atoms. The summed E-state index contributed by atoms with van der Waals surface area (Å²) in [6.45, 7) is 0. The Morgan fingerprint density at radius 3 is 1.33 bits per heavy atom. The van der Waals surface area contributed by atoms with Gasteiger partial charge < -0.3 is 15.0 Å². The Labute approximate surface area is 372 Å². The number of benzene rings is 3. The van der Waals surface area contributed by atoms with Gasteiger partial charge in [-0.15, -0.1) is 34.0 Å². The van der Waals surface area contributed by atoms with E-state index in [1.54, 1.807) is 88.9 Å². The van der Waals surface area contributed by atoms with Gasteiger partial charge in [-0.25, -0.2) is 37.5 Å². The summed E-state index contributed by atoms with van der Waals surface area (Å²) in [6.07, 6.45) is 16.0. The molecule has 9 aromatic heterocycles. The van der Waals surface area contributed by atoms with E-state index in [9.17, 15) is 17.6 Å². The van der Waals surface area contributed by atoms with Gasteiger partial charge in [-0.1, -0.05) is 36.4 Å². The van der Waals surface area contributed by atoms with E-state index in [1.807, 2.05) is 60.5 Å². The smallest absolute Gasteiger partial charge is 0.137 e. The number of fused-ring (bicyclic) bond motifs is 3. The zero-order valence-electron chi connectivity index (χ0n) is 32.9. The van der Waals surface area contributed by atoms with Crippen molar-refractivity contribution in [3.63, 3.8) is 0 Å². The molecule has 0 saturated carbocycles. The van der Waals surface area contributed by atoms with E-state index >= 15 is 0 Å². The Hall–Kier alpha value is -7.66. The molecule has 0 aliphatic carbocycles. The molecule has 0 radical (unpaired) electrons. The summed E-state index contributed by atoms with van der Waals surface area (Å²) in [5.74, 6) is -1.68. The SMILES string of the molecule is Fc1ccc(-c2cnc3[nH]cc(-c4cncs4)c3c2)c(F)c1.Fc1ccccc1-c1cnc2[nH]cc(-c3cncs3)c2c1.Fc1ccccc1-c1cnc2[nH]cc(-c3nccs3)c2c1. The van der Waals surface area contributed by atoms with Crippen LogP contribution in [0.15, 0.2) is 157 Å². The molecule has 0 aliphatic rings. The molecule has 3 N–H and O–H groups in total. The minimum absolute atomic E-state index is 0.242. The van der Waals surface area contributed by atoms with E-state index in [-0.39, 0.29) is 11.6 Å². The first-order valence-corrected chi connectivity index (χ1v) is 22.1. The van der Waals surface area contributed by atoms with Gasteiger partial charge in [0.05, 0.1) is 20.8 Å². The molecule has 312 valence electrons. The summed E-state index contributed by atoms with van der Waals surface area (Å²) in [7, 11) is 0. The van der Waals surface area contributed by atoms with E-state index < -0.39 is 11.6 Å². The number of nitrogens with zero attached hydrogens (tertiary/aromatic N) is 6. The summed E-state index contributed by atoms with van der Waals surface area (Å²) in [6, 6.07) is 22.8. The zero-order valence-corrected chi connectivity index (χ0v) is 35.4. The minimum atomic E-state index is -0.601. The lowest BCUT2D eigenvalue weighted by Crippen LogP contribution is -1.88. The van der Waals surface area contributed by atoms with Crippen LogP contribution in [0.3, 0.4) is 0 Å². The Balaban J connectivity index is 0.000000114. The van der Waals surface area contributed by atoms with Gasteiger partial charge in [0, 0.05) is 133 Å². The average molecular weight is 904 g/mol. The Morgan fingerprint density at radius 1 is 0.422 bits per heavy atom. The highest BCUT2D eigenvalue weighted by atomic mass is 32.1. The molecular formula is C48H29F4N9S3. The highest BCUT2D eigenvalue weighted by molar-refractivity contribution is 7.13. The molecule has 0 saturated heterocycles. The van der Waals surface area contributed by atoms with Crippen molar-refractivity contribution in [2.24, 2.45) is 0 Å². The Bertz CT molecular complexity index is 3370. The number of thiazole rings is 3. The molecule has 0 amide bonds. The number of H-pyrrole nitrogens is 3. The van der Waals surface area contributed by atoms with Crippen LogP contribution in [-0.4, -0.2) is 44.9 Å². The third-order valence-corrected chi connectivity index (χ3v) is 12.7. The number of hydrogen-bond donors (Lipinski definition) is 3. The van der Waals surface area contributed by atoms with Crippen LogP contribution >= 0.6 is 34.0 Å². The largest absolute Gasteiger partial charge is 0.345 e. The molecule has 0 bridgehead atoms. The van der Waals surface area contributed by atoms with Gasteiger partial charge in [0.15, 0.2) is 0 Å². The van der Waals surface area contributed by atoms with Crippen molar-refractivity contribution in [3.8, 4) is 64.8 Å². The number of pyridine rings is 3. The molecular weight excluding hydrogens is 875 g/mol. The minimum Gasteiger partial charge on any atom is -0.345 e. The third kappa shape index (κ3) is 8.08. The monoisotopic (exact) mass is 903 g/mol. The molecule has 64 heavy (non-hydrogen) atoms. The number of aromatic amines is 3. The highest BCUT2D eigenvalue weighted by Crippen LogP contribution is 2.36. The van der Waals surface area contributed by atoms with Crippen molar-refractivity contribution in [2.45, 2.75) is 0 Å². The van der Waals surface area contributed by atoms with E-state index in [0.717, 1.165) is 81.7 Å². The van der Waals surface area contributed by atoms with Gasteiger partial charge in [0.25, 0.3) is 0 Å². The predicted octanol–water partition coefficient (Wildman–Crippen LogP) is 13.6. The maximum atomic E-state index is 14.0. The van der Waals surface area contributed by atoms with Gasteiger partial charge in [-0.2, -0.15) is 0 Å². The number of hydrogen-bond acceptors (Lipinski definition) is 9. The molecule has 9 heterocycles. The fourth-order valence-corrected chi connectivity index (χ4v) is 9.18. The van der Waals surface area contributed by atoms with Gasteiger partial charge >= 0.3 is 0 Å². The molecule has 3 aromatic carbocycles. The van der Waals surface area contributed by atoms with Crippen LogP contribution in [0, 0.1) is 23.3 Å². The van der Waals surface area contributed by atoms with E-state index in [0.29, 0.717) is 22.3 Å². The van der Waals surface area contributed by atoms with Gasteiger partial charge in [0.1, 0.15) is 45.2 Å². The van der Waals surface area contributed by atoms with Gasteiger partial charge in [-0.3, -0.25) is 9.97 Å². The molecule has 0 atom stereocenters. The maximum absolute atomic E-state index is 14.0. The lowest BCUT2D eigenvalue weighted by molar-refractivity contribution is 0.585. The van der Waals surface area contributed by atoms with Gasteiger partial charge in [0.2, 0.25) is 0 Å². The molecule has 12 aromatic rings. The summed E-state index contributed by atoms with van der Waals surface area (Å²) in [5, 5.41) is 5.66. The normalized spacial score (nSPS) is 11.1. The Kier molecular flexibility index (Phi) is 11.1. The van der Waals surface area contributed by atoms with Crippen molar-refractivity contribution in [2.75, 3.05) is 0 Å². The van der Waals surface area contributed by atoms with Crippen LogP contribution in [0.4, 0.5) is 17.6 Å². The van der Waals surface area contributed by atoms with Crippen LogP contribution in [0.2, 0.25) is 0 Å².